The normalized spacial score (nSPS) is 18.2. The zero-order valence-corrected chi connectivity index (χ0v) is 19.8. The van der Waals surface area contributed by atoms with Crippen LogP contribution >= 0.6 is 0 Å². The van der Waals surface area contributed by atoms with Gasteiger partial charge >= 0.3 is 0 Å². The van der Waals surface area contributed by atoms with Gasteiger partial charge in [0.1, 0.15) is 18.0 Å². The molecule has 0 aromatic heterocycles. The Kier molecular flexibility index (Phi) is 12.9. The van der Waals surface area contributed by atoms with Gasteiger partial charge in [-0.05, 0) is 63.1 Å². The van der Waals surface area contributed by atoms with Crippen LogP contribution in [0.15, 0.2) is 36.4 Å². The van der Waals surface area contributed by atoms with E-state index in [-0.39, 0.29) is 5.60 Å². The van der Waals surface area contributed by atoms with Gasteiger partial charge in [0.05, 0.1) is 6.61 Å². The van der Waals surface area contributed by atoms with Crippen LogP contribution in [0, 0.1) is 0 Å². The van der Waals surface area contributed by atoms with Crippen molar-refractivity contribution in [3.8, 4) is 5.75 Å². The van der Waals surface area contributed by atoms with Crippen molar-refractivity contribution in [3.63, 3.8) is 0 Å². The van der Waals surface area contributed by atoms with E-state index in [0.717, 1.165) is 18.8 Å². The van der Waals surface area contributed by atoms with E-state index < -0.39 is 0 Å². The molecule has 0 radical (unpaired) electrons. The molecule has 0 amide bonds. The second-order valence-corrected chi connectivity index (χ2v) is 9.36. The van der Waals surface area contributed by atoms with E-state index in [0.29, 0.717) is 6.61 Å². The second-order valence-electron chi connectivity index (χ2n) is 9.36. The summed E-state index contributed by atoms with van der Waals surface area (Å²) < 4.78 is 11.3. The van der Waals surface area contributed by atoms with Crippen molar-refractivity contribution >= 4 is 0 Å². The molecule has 1 aromatic rings. The Bertz CT molecular complexity index is 574. The van der Waals surface area contributed by atoms with Gasteiger partial charge in [0.15, 0.2) is 0 Å². The van der Waals surface area contributed by atoms with Crippen LogP contribution in [-0.4, -0.2) is 18.8 Å². The third-order valence-corrected chi connectivity index (χ3v) is 6.06. The van der Waals surface area contributed by atoms with Crippen LogP contribution in [0.25, 0.3) is 0 Å². The average molecular weight is 415 g/mol. The first-order valence-corrected chi connectivity index (χ1v) is 12.7. The van der Waals surface area contributed by atoms with Crippen molar-refractivity contribution in [3.05, 3.63) is 42.0 Å². The fourth-order valence-corrected chi connectivity index (χ4v) is 3.81. The zero-order chi connectivity index (χ0) is 21.3. The lowest BCUT2D eigenvalue weighted by atomic mass is 10.0. The minimum absolute atomic E-state index is 0.0420. The lowest BCUT2D eigenvalue weighted by Gasteiger charge is -2.10. The quantitative estimate of drug-likeness (QED) is 0.129. The Morgan fingerprint density at radius 1 is 0.867 bits per heavy atom. The smallest absolute Gasteiger partial charge is 0.123 e. The highest BCUT2D eigenvalue weighted by atomic mass is 16.6. The summed E-state index contributed by atoms with van der Waals surface area (Å²) in [5, 5.41) is 0. The van der Waals surface area contributed by atoms with Crippen LogP contribution in [0.2, 0.25) is 0 Å². The van der Waals surface area contributed by atoms with Gasteiger partial charge in [-0.2, -0.15) is 0 Å². The van der Waals surface area contributed by atoms with E-state index in [2.05, 4.69) is 50.3 Å². The first-order valence-electron chi connectivity index (χ1n) is 12.7. The van der Waals surface area contributed by atoms with Crippen LogP contribution in [0.3, 0.4) is 0 Å². The lowest BCUT2D eigenvalue weighted by Crippen LogP contribution is -2.16. The monoisotopic (exact) mass is 414 g/mol. The maximum atomic E-state index is 5.88. The molecule has 2 rings (SSSR count). The molecule has 1 saturated heterocycles. The summed E-state index contributed by atoms with van der Waals surface area (Å²) >= 11 is 0. The predicted molar refractivity (Wildman–Crippen MR) is 129 cm³/mol. The molecule has 1 unspecified atom stereocenters. The molecule has 1 aliphatic heterocycles. The molecule has 1 atom stereocenters. The van der Waals surface area contributed by atoms with Crippen molar-refractivity contribution < 1.29 is 9.47 Å². The molecule has 170 valence electrons. The summed E-state index contributed by atoms with van der Waals surface area (Å²) in [6.45, 7) is 5.86. The summed E-state index contributed by atoms with van der Waals surface area (Å²) in [6.07, 6.45) is 25.0. The van der Waals surface area contributed by atoms with E-state index in [4.69, 9.17) is 9.47 Å². The van der Waals surface area contributed by atoms with Crippen LogP contribution in [-0.2, 0) is 11.2 Å². The fraction of sp³-hybridized carbons (Fsp3) is 0.714. The third kappa shape index (κ3) is 12.4. The van der Waals surface area contributed by atoms with E-state index in [1.807, 2.05) is 0 Å². The summed E-state index contributed by atoms with van der Waals surface area (Å²) in [6, 6.07) is 8.58. The Hall–Kier alpha value is -1.28. The third-order valence-electron chi connectivity index (χ3n) is 6.06. The molecule has 30 heavy (non-hydrogen) atoms. The van der Waals surface area contributed by atoms with Crippen molar-refractivity contribution in [2.45, 2.75) is 116 Å². The first kappa shape index (κ1) is 25.0. The highest BCUT2D eigenvalue weighted by Crippen LogP contribution is 2.27. The fourth-order valence-electron chi connectivity index (χ4n) is 3.81. The van der Waals surface area contributed by atoms with E-state index >= 15 is 0 Å². The summed E-state index contributed by atoms with van der Waals surface area (Å²) in [4.78, 5) is 0. The highest BCUT2D eigenvalue weighted by Gasteiger charge is 2.40. The van der Waals surface area contributed by atoms with Gasteiger partial charge in [0, 0.05) is 0 Å². The number of hydrogen-bond donors (Lipinski definition) is 0. The molecular weight excluding hydrogens is 368 g/mol. The molecule has 1 aliphatic rings. The van der Waals surface area contributed by atoms with Gasteiger partial charge in [-0.1, -0.05) is 89.0 Å². The Morgan fingerprint density at radius 3 is 2.10 bits per heavy atom. The summed E-state index contributed by atoms with van der Waals surface area (Å²) in [5.41, 5.74) is 1.35. The van der Waals surface area contributed by atoms with Crippen LogP contribution < -0.4 is 4.74 Å². The number of unbranched alkanes of at least 4 members (excludes halogenated alkanes) is 12. The number of benzene rings is 1. The SMILES string of the molecule is CCCCCCCC/C=C/CCCCCCCCc1cccc(OCC2(C)CO2)c1. The minimum atomic E-state index is -0.0420. The molecular formula is C28H46O2. The van der Waals surface area contributed by atoms with Gasteiger partial charge in [-0.25, -0.2) is 0 Å². The van der Waals surface area contributed by atoms with Crippen molar-refractivity contribution in [1.82, 2.24) is 0 Å². The molecule has 2 heteroatoms. The van der Waals surface area contributed by atoms with Crippen LogP contribution in [0.1, 0.15) is 109 Å². The summed E-state index contributed by atoms with van der Waals surface area (Å²) in [7, 11) is 0. The minimum Gasteiger partial charge on any atom is -0.490 e. The van der Waals surface area contributed by atoms with Crippen molar-refractivity contribution in [2.24, 2.45) is 0 Å². The van der Waals surface area contributed by atoms with E-state index in [1.165, 1.54) is 95.5 Å². The average Bonchev–Trinajstić information content (AvgIpc) is 3.50. The second kappa shape index (κ2) is 15.5. The van der Waals surface area contributed by atoms with E-state index in [9.17, 15) is 0 Å². The Balaban J connectivity index is 1.37. The molecule has 0 aliphatic carbocycles. The Morgan fingerprint density at radius 2 is 1.47 bits per heavy atom. The lowest BCUT2D eigenvalue weighted by molar-refractivity contribution is 0.202. The molecule has 1 fully saturated rings. The molecule has 0 saturated carbocycles. The first-order chi connectivity index (χ1) is 14.7. The van der Waals surface area contributed by atoms with Gasteiger partial charge in [0.25, 0.3) is 0 Å². The van der Waals surface area contributed by atoms with Gasteiger partial charge < -0.3 is 9.47 Å². The van der Waals surface area contributed by atoms with Gasteiger partial charge in [0.2, 0.25) is 0 Å². The number of allylic oxidation sites excluding steroid dienone is 2. The molecule has 0 N–H and O–H groups in total. The molecule has 0 spiro atoms. The largest absolute Gasteiger partial charge is 0.490 e. The highest BCUT2D eigenvalue weighted by molar-refractivity contribution is 5.28. The molecule has 1 aromatic carbocycles. The van der Waals surface area contributed by atoms with Crippen LogP contribution in [0.4, 0.5) is 0 Å². The maximum Gasteiger partial charge on any atom is 0.123 e. The number of epoxide rings is 1. The Labute approximate surface area is 186 Å². The number of aryl methyl sites for hydroxylation is 1. The molecule has 0 bridgehead atoms. The maximum absolute atomic E-state index is 5.88. The topological polar surface area (TPSA) is 21.8 Å². The molecule has 1 heterocycles. The van der Waals surface area contributed by atoms with Crippen LogP contribution in [0.5, 0.6) is 5.75 Å². The van der Waals surface area contributed by atoms with Crippen molar-refractivity contribution in [2.75, 3.05) is 13.2 Å². The molecule has 2 nitrogen and oxygen atoms in total. The predicted octanol–water partition coefficient (Wildman–Crippen LogP) is 8.43. The van der Waals surface area contributed by atoms with Crippen molar-refractivity contribution in [1.29, 1.82) is 0 Å². The van der Waals surface area contributed by atoms with Gasteiger partial charge in [-0.3, -0.25) is 0 Å². The van der Waals surface area contributed by atoms with Gasteiger partial charge in [-0.15, -0.1) is 0 Å². The number of ether oxygens (including phenoxy) is 2. The van der Waals surface area contributed by atoms with E-state index in [1.54, 1.807) is 0 Å². The number of rotatable bonds is 19. The zero-order valence-electron chi connectivity index (χ0n) is 19.8. The summed E-state index contributed by atoms with van der Waals surface area (Å²) in [5.74, 6) is 0.980. The standard InChI is InChI=1S/C28H46O2/c1-3-4-5-6-7-8-9-10-11-12-13-14-15-16-17-18-20-26-21-19-22-27(23-26)29-24-28(2)25-30-28/h10-11,19,21-23H,3-9,12-18,20,24-25H2,1-2H3/b11-10+. The number of hydrogen-bond acceptors (Lipinski definition) is 2.